The molecule has 2 aromatic rings. The highest BCUT2D eigenvalue weighted by Crippen LogP contribution is 2.29. The van der Waals surface area contributed by atoms with Crippen molar-refractivity contribution in [2.45, 2.75) is 26.2 Å². The van der Waals surface area contributed by atoms with E-state index in [4.69, 9.17) is 23.2 Å². The van der Waals surface area contributed by atoms with E-state index in [2.05, 4.69) is 36.1 Å². The summed E-state index contributed by atoms with van der Waals surface area (Å²) in [5.41, 5.74) is 1.76. The molecule has 106 valence electrons. The smallest absolute Gasteiger partial charge is 0.161 e. The van der Waals surface area contributed by atoms with E-state index < -0.39 is 0 Å². The Morgan fingerprint density at radius 1 is 1.00 bits per heavy atom. The van der Waals surface area contributed by atoms with Crippen LogP contribution in [0, 0.1) is 0 Å². The van der Waals surface area contributed by atoms with Crippen molar-refractivity contribution < 1.29 is 0 Å². The lowest BCUT2D eigenvalue weighted by molar-refractivity contribution is 0.568. The number of hydrogen-bond donors (Lipinski definition) is 1. The third-order valence-corrected chi connectivity index (χ3v) is 3.67. The Kier molecular flexibility index (Phi) is 4.21. The molecule has 2 rings (SSSR count). The number of aromatic nitrogens is 2. The third kappa shape index (κ3) is 3.22. The molecule has 1 heterocycles. The minimum absolute atomic E-state index is 0.0560. The zero-order chi connectivity index (χ0) is 14.9. The fourth-order valence-corrected chi connectivity index (χ4v) is 2.02. The number of rotatable bonds is 2. The Bertz CT molecular complexity index is 634. The normalized spacial score (nSPS) is 11.5. The van der Waals surface area contributed by atoms with Crippen molar-refractivity contribution in [2.24, 2.45) is 0 Å². The fourth-order valence-electron chi connectivity index (χ4n) is 1.72. The van der Waals surface area contributed by atoms with Crippen LogP contribution in [0.1, 0.15) is 26.5 Å². The largest absolute Gasteiger partial charge is 0.373 e. The van der Waals surface area contributed by atoms with Crippen molar-refractivity contribution in [1.29, 1.82) is 0 Å². The van der Waals surface area contributed by atoms with E-state index in [9.17, 15) is 0 Å². The standard InChI is InChI=1S/C15H17Cl2N3/c1-15(2,3)12-8-13(18-4)20-14(19-12)9-5-6-10(16)11(17)7-9/h5-8H,1-4H3,(H,18,19,20). The molecule has 0 fully saturated rings. The van der Waals surface area contributed by atoms with Gasteiger partial charge in [0.05, 0.1) is 15.7 Å². The quantitative estimate of drug-likeness (QED) is 0.866. The lowest BCUT2D eigenvalue weighted by Crippen LogP contribution is -2.15. The molecule has 0 aliphatic heterocycles. The van der Waals surface area contributed by atoms with Crippen molar-refractivity contribution in [3.05, 3.63) is 40.0 Å². The molecule has 0 unspecified atom stereocenters. The van der Waals surface area contributed by atoms with Gasteiger partial charge < -0.3 is 5.32 Å². The molecule has 0 saturated carbocycles. The van der Waals surface area contributed by atoms with Crippen LogP contribution in [0.15, 0.2) is 24.3 Å². The summed E-state index contributed by atoms with van der Waals surface area (Å²) < 4.78 is 0. The molecule has 1 aromatic heterocycles. The molecule has 0 bridgehead atoms. The van der Waals surface area contributed by atoms with Gasteiger partial charge in [0.2, 0.25) is 0 Å². The van der Waals surface area contributed by atoms with E-state index in [0.29, 0.717) is 15.9 Å². The number of nitrogens with one attached hydrogen (secondary N) is 1. The molecule has 0 aliphatic carbocycles. The predicted molar refractivity (Wildman–Crippen MR) is 85.7 cm³/mol. The summed E-state index contributed by atoms with van der Waals surface area (Å²) in [6.07, 6.45) is 0. The van der Waals surface area contributed by atoms with E-state index in [1.165, 1.54) is 0 Å². The maximum absolute atomic E-state index is 6.06. The molecule has 1 N–H and O–H groups in total. The Labute approximate surface area is 129 Å². The van der Waals surface area contributed by atoms with E-state index >= 15 is 0 Å². The summed E-state index contributed by atoms with van der Waals surface area (Å²) in [5, 5.41) is 4.09. The molecule has 0 atom stereocenters. The predicted octanol–water partition coefficient (Wildman–Crippen LogP) is 4.79. The molecule has 0 saturated heterocycles. The van der Waals surface area contributed by atoms with Gasteiger partial charge in [0.25, 0.3) is 0 Å². The van der Waals surface area contributed by atoms with Crippen LogP contribution in [0.3, 0.4) is 0 Å². The topological polar surface area (TPSA) is 37.8 Å². The van der Waals surface area contributed by atoms with Crippen LogP contribution in [-0.2, 0) is 5.41 Å². The first-order chi connectivity index (χ1) is 9.31. The summed E-state index contributed by atoms with van der Waals surface area (Å²) in [6, 6.07) is 7.37. The molecule has 0 spiro atoms. The summed E-state index contributed by atoms with van der Waals surface area (Å²) in [6.45, 7) is 6.36. The molecule has 0 radical (unpaired) electrons. The van der Waals surface area contributed by atoms with Gasteiger partial charge in [0, 0.05) is 24.1 Å². The molecule has 5 heteroatoms. The molecule has 20 heavy (non-hydrogen) atoms. The first-order valence-corrected chi connectivity index (χ1v) is 7.09. The maximum atomic E-state index is 6.06. The Morgan fingerprint density at radius 3 is 2.25 bits per heavy atom. The monoisotopic (exact) mass is 309 g/mol. The minimum atomic E-state index is -0.0560. The fraction of sp³-hybridized carbons (Fsp3) is 0.333. The molecule has 3 nitrogen and oxygen atoms in total. The van der Waals surface area contributed by atoms with Crippen LogP contribution in [0.2, 0.25) is 10.0 Å². The maximum Gasteiger partial charge on any atom is 0.161 e. The van der Waals surface area contributed by atoms with Crippen LogP contribution < -0.4 is 5.32 Å². The van der Waals surface area contributed by atoms with E-state index in [0.717, 1.165) is 17.1 Å². The van der Waals surface area contributed by atoms with Gasteiger partial charge >= 0.3 is 0 Å². The van der Waals surface area contributed by atoms with Gasteiger partial charge in [-0.25, -0.2) is 9.97 Å². The molecule has 1 aromatic carbocycles. The Morgan fingerprint density at radius 2 is 1.70 bits per heavy atom. The third-order valence-electron chi connectivity index (χ3n) is 2.93. The zero-order valence-electron chi connectivity index (χ0n) is 12.0. The number of hydrogen-bond acceptors (Lipinski definition) is 3. The van der Waals surface area contributed by atoms with Gasteiger partial charge in [0.1, 0.15) is 5.82 Å². The van der Waals surface area contributed by atoms with E-state index in [1.54, 1.807) is 12.1 Å². The highest BCUT2D eigenvalue weighted by Gasteiger charge is 2.18. The summed E-state index contributed by atoms with van der Waals surface area (Å²) in [4.78, 5) is 9.12. The van der Waals surface area contributed by atoms with Gasteiger partial charge in [-0.05, 0) is 18.2 Å². The number of nitrogens with zero attached hydrogens (tertiary/aromatic N) is 2. The number of anilines is 1. The van der Waals surface area contributed by atoms with E-state index in [-0.39, 0.29) is 5.41 Å². The first kappa shape index (κ1) is 15.1. The van der Waals surface area contributed by atoms with Crippen LogP contribution in [0.4, 0.5) is 5.82 Å². The zero-order valence-corrected chi connectivity index (χ0v) is 13.5. The number of halogens is 2. The average Bonchev–Trinajstić information content (AvgIpc) is 2.40. The number of benzene rings is 1. The minimum Gasteiger partial charge on any atom is -0.373 e. The van der Waals surface area contributed by atoms with Gasteiger partial charge in [-0.3, -0.25) is 0 Å². The average molecular weight is 310 g/mol. The van der Waals surface area contributed by atoms with Crippen molar-refractivity contribution in [3.8, 4) is 11.4 Å². The van der Waals surface area contributed by atoms with Gasteiger partial charge in [-0.15, -0.1) is 0 Å². The van der Waals surface area contributed by atoms with Crippen molar-refractivity contribution in [3.63, 3.8) is 0 Å². The highest BCUT2D eigenvalue weighted by molar-refractivity contribution is 6.42. The second kappa shape index (κ2) is 5.58. The van der Waals surface area contributed by atoms with Crippen molar-refractivity contribution in [2.75, 3.05) is 12.4 Å². The Hall–Kier alpha value is -1.32. The molecule has 0 amide bonds. The SMILES string of the molecule is CNc1cc(C(C)(C)C)nc(-c2ccc(Cl)c(Cl)c2)n1. The molecular weight excluding hydrogens is 293 g/mol. The second-order valence-electron chi connectivity index (χ2n) is 5.59. The summed E-state index contributed by atoms with van der Waals surface area (Å²) >= 11 is 12.0. The van der Waals surface area contributed by atoms with Gasteiger partial charge in [-0.2, -0.15) is 0 Å². The second-order valence-corrected chi connectivity index (χ2v) is 6.41. The van der Waals surface area contributed by atoms with E-state index in [1.807, 2.05) is 19.2 Å². The van der Waals surface area contributed by atoms with Crippen LogP contribution in [0.5, 0.6) is 0 Å². The van der Waals surface area contributed by atoms with Crippen LogP contribution in [0.25, 0.3) is 11.4 Å². The van der Waals surface area contributed by atoms with Gasteiger partial charge in [0.15, 0.2) is 5.82 Å². The molecule has 0 aliphatic rings. The lowest BCUT2D eigenvalue weighted by Gasteiger charge is -2.19. The van der Waals surface area contributed by atoms with Crippen LogP contribution >= 0.6 is 23.2 Å². The summed E-state index contributed by atoms with van der Waals surface area (Å²) in [7, 11) is 1.84. The lowest BCUT2D eigenvalue weighted by atomic mass is 9.92. The van der Waals surface area contributed by atoms with Crippen molar-refractivity contribution >= 4 is 29.0 Å². The Balaban J connectivity index is 2.58. The summed E-state index contributed by atoms with van der Waals surface area (Å²) in [5.74, 6) is 1.42. The molecular formula is C15H17Cl2N3. The van der Waals surface area contributed by atoms with Crippen molar-refractivity contribution in [1.82, 2.24) is 9.97 Å². The first-order valence-electron chi connectivity index (χ1n) is 6.34. The highest BCUT2D eigenvalue weighted by atomic mass is 35.5. The van der Waals surface area contributed by atoms with Gasteiger partial charge in [-0.1, -0.05) is 44.0 Å². The van der Waals surface area contributed by atoms with Crippen LogP contribution in [-0.4, -0.2) is 17.0 Å².